The Morgan fingerprint density at radius 3 is 2.44 bits per heavy atom. The molecule has 1 atom stereocenters. The van der Waals surface area contributed by atoms with Crippen LogP contribution in [0.15, 0.2) is 46.9 Å². The lowest BCUT2D eigenvalue weighted by molar-refractivity contribution is 0.408. The Kier molecular flexibility index (Phi) is 4.27. The van der Waals surface area contributed by atoms with Gasteiger partial charge in [-0.3, -0.25) is 0 Å². The Balaban J connectivity index is 2.39. The molecule has 2 aromatic carbocycles. The fourth-order valence-electron chi connectivity index (χ4n) is 1.79. The monoisotopic (exact) mass is 325 g/mol. The van der Waals surface area contributed by atoms with Crippen molar-refractivity contribution in [2.45, 2.75) is 6.04 Å². The quantitative estimate of drug-likeness (QED) is 0.919. The topological polar surface area (TPSA) is 35.2 Å². The zero-order valence-corrected chi connectivity index (χ0v) is 12.2. The first kappa shape index (κ1) is 13.4. The average Bonchev–Trinajstić information content (AvgIpc) is 2.38. The molecule has 2 rings (SSSR count). The molecule has 0 aliphatic heterocycles. The van der Waals surface area contributed by atoms with E-state index in [0.29, 0.717) is 10.8 Å². The minimum absolute atomic E-state index is 0.231. The summed E-state index contributed by atoms with van der Waals surface area (Å²) >= 11 is 9.35. The van der Waals surface area contributed by atoms with Gasteiger partial charge in [0, 0.05) is 15.1 Å². The van der Waals surface area contributed by atoms with Gasteiger partial charge in [-0.25, -0.2) is 0 Å². The standard InChI is InChI=1S/C14H13BrClNO/c1-18-13-8-11(16)6-7-12(13)14(17)9-2-4-10(15)5-3-9/h2-8,14H,17H2,1H3. The third-order valence-electron chi connectivity index (χ3n) is 2.76. The van der Waals surface area contributed by atoms with Gasteiger partial charge < -0.3 is 10.5 Å². The lowest BCUT2D eigenvalue weighted by Crippen LogP contribution is -2.12. The molecule has 2 aromatic rings. The number of hydrogen-bond donors (Lipinski definition) is 1. The summed E-state index contributed by atoms with van der Waals surface area (Å²) in [4.78, 5) is 0. The van der Waals surface area contributed by atoms with Crippen LogP contribution in [0.2, 0.25) is 5.02 Å². The van der Waals surface area contributed by atoms with Gasteiger partial charge in [0.1, 0.15) is 5.75 Å². The maximum Gasteiger partial charge on any atom is 0.125 e. The van der Waals surface area contributed by atoms with Crippen molar-refractivity contribution in [2.24, 2.45) is 5.73 Å². The van der Waals surface area contributed by atoms with Crippen LogP contribution in [0.3, 0.4) is 0 Å². The number of halogens is 2. The van der Waals surface area contributed by atoms with E-state index in [9.17, 15) is 0 Å². The first-order valence-electron chi connectivity index (χ1n) is 5.46. The molecule has 0 aliphatic rings. The molecular formula is C14H13BrClNO. The lowest BCUT2D eigenvalue weighted by Gasteiger charge is -2.16. The number of ether oxygens (including phenoxy) is 1. The highest BCUT2D eigenvalue weighted by atomic mass is 79.9. The van der Waals surface area contributed by atoms with Gasteiger partial charge in [-0.05, 0) is 29.8 Å². The normalized spacial score (nSPS) is 12.2. The minimum Gasteiger partial charge on any atom is -0.496 e. The van der Waals surface area contributed by atoms with E-state index < -0.39 is 0 Å². The molecule has 94 valence electrons. The molecule has 2 nitrogen and oxygen atoms in total. The van der Waals surface area contributed by atoms with Gasteiger partial charge in [-0.2, -0.15) is 0 Å². The smallest absolute Gasteiger partial charge is 0.125 e. The Morgan fingerprint density at radius 2 is 1.83 bits per heavy atom. The van der Waals surface area contributed by atoms with Crippen molar-refractivity contribution in [3.8, 4) is 5.75 Å². The molecule has 0 aliphatic carbocycles. The third kappa shape index (κ3) is 2.86. The predicted octanol–water partition coefficient (Wildman–Crippen LogP) is 4.16. The summed E-state index contributed by atoms with van der Waals surface area (Å²) in [5.74, 6) is 0.706. The minimum atomic E-state index is -0.231. The first-order valence-corrected chi connectivity index (χ1v) is 6.63. The second-order valence-corrected chi connectivity index (χ2v) is 5.27. The number of benzene rings is 2. The third-order valence-corrected chi connectivity index (χ3v) is 3.52. The predicted molar refractivity (Wildman–Crippen MR) is 78.2 cm³/mol. The molecule has 2 N–H and O–H groups in total. The number of rotatable bonds is 3. The summed E-state index contributed by atoms with van der Waals surface area (Å²) in [5.41, 5.74) is 8.20. The van der Waals surface area contributed by atoms with E-state index in [1.54, 1.807) is 13.2 Å². The summed E-state index contributed by atoms with van der Waals surface area (Å²) < 4.78 is 6.35. The molecule has 0 aromatic heterocycles. The van der Waals surface area contributed by atoms with E-state index in [1.165, 1.54) is 0 Å². The number of nitrogens with two attached hydrogens (primary N) is 1. The fourth-order valence-corrected chi connectivity index (χ4v) is 2.22. The van der Waals surface area contributed by atoms with Crippen molar-refractivity contribution in [1.29, 1.82) is 0 Å². The lowest BCUT2D eigenvalue weighted by atomic mass is 9.99. The van der Waals surface area contributed by atoms with Crippen molar-refractivity contribution in [1.82, 2.24) is 0 Å². The molecule has 0 heterocycles. The highest BCUT2D eigenvalue weighted by Gasteiger charge is 2.14. The van der Waals surface area contributed by atoms with E-state index in [2.05, 4.69) is 15.9 Å². The molecule has 0 spiro atoms. The molecule has 0 amide bonds. The second kappa shape index (κ2) is 5.74. The van der Waals surface area contributed by atoms with Gasteiger partial charge in [-0.15, -0.1) is 0 Å². The molecular weight excluding hydrogens is 314 g/mol. The van der Waals surface area contributed by atoms with Crippen LogP contribution in [-0.4, -0.2) is 7.11 Å². The van der Waals surface area contributed by atoms with Crippen LogP contribution in [0.1, 0.15) is 17.2 Å². The molecule has 4 heteroatoms. The fraction of sp³-hybridized carbons (Fsp3) is 0.143. The van der Waals surface area contributed by atoms with Crippen molar-refractivity contribution >= 4 is 27.5 Å². The Hall–Kier alpha value is -1.03. The molecule has 0 saturated heterocycles. The van der Waals surface area contributed by atoms with Gasteiger partial charge in [0.25, 0.3) is 0 Å². The molecule has 1 unspecified atom stereocenters. The maximum absolute atomic E-state index is 6.25. The second-order valence-electron chi connectivity index (χ2n) is 3.92. The molecule has 0 radical (unpaired) electrons. The van der Waals surface area contributed by atoms with Crippen LogP contribution in [0.25, 0.3) is 0 Å². The molecule has 0 bridgehead atoms. The highest BCUT2D eigenvalue weighted by Crippen LogP contribution is 2.31. The van der Waals surface area contributed by atoms with Crippen LogP contribution in [0.5, 0.6) is 5.75 Å². The van der Waals surface area contributed by atoms with Crippen LogP contribution in [0.4, 0.5) is 0 Å². The van der Waals surface area contributed by atoms with E-state index in [-0.39, 0.29) is 6.04 Å². The Labute approximate surface area is 120 Å². The Morgan fingerprint density at radius 1 is 1.17 bits per heavy atom. The first-order chi connectivity index (χ1) is 8.61. The molecule has 0 fully saturated rings. The summed E-state index contributed by atoms with van der Waals surface area (Å²) in [5, 5.41) is 0.638. The summed E-state index contributed by atoms with van der Waals surface area (Å²) in [6, 6.07) is 13.2. The van der Waals surface area contributed by atoms with Crippen LogP contribution in [0, 0.1) is 0 Å². The highest BCUT2D eigenvalue weighted by molar-refractivity contribution is 9.10. The van der Waals surface area contributed by atoms with Crippen molar-refractivity contribution in [3.05, 3.63) is 63.1 Å². The van der Waals surface area contributed by atoms with Crippen LogP contribution < -0.4 is 10.5 Å². The maximum atomic E-state index is 6.25. The number of hydrogen-bond acceptors (Lipinski definition) is 2. The molecule has 18 heavy (non-hydrogen) atoms. The summed E-state index contributed by atoms with van der Waals surface area (Å²) in [6.45, 7) is 0. The van der Waals surface area contributed by atoms with Crippen molar-refractivity contribution in [3.63, 3.8) is 0 Å². The van der Waals surface area contributed by atoms with Gasteiger partial charge in [0.15, 0.2) is 0 Å². The number of methoxy groups -OCH3 is 1. The van der Waals surface area contributed by atoms with E-state index in [1.807, 2.05) is 36.4 Å². The van der Waals surface area contributed by atoms with Crippen molar-refractivity contribution < 1.29 is 4.74 Å². The SMILES string of the molecule is COc1cc(Cl)ccc1C(N)c1ccc(Br)cc1. The largest absolute Gasteiger partial charge is 0.496 e. The zero-order valence-electron chi connectivity index (χ0n) is 9.86. The Bertz CT molecular complexity index is 542. The van der Waals surface area contributed by atoms with Gasteiger partial charge in [0.05, 0.1) is 13.2 Å². The van der Waals surface area contributed by atoms with E-state index >= 15 is 0 Å². The average molecular weight is 327 g/mol. The van der Waals surface area contributed by atoms with Gasteiger partial charge >= 0.3 is 0 Å². The van der Waals surface area contributed by atoms with Crippen LogP contribution >= 0.6 is 27.5 Å². The van der Waals surface area contributed by atoms with E-state index in [0.717, 1.165) is 15.6 Å². The van der Waals surface area contributed by atoms with Crippen molar-refractivity contribution in [2.75, 3.05) is 7.11 Å². The van der Waals surface area contributed by atoms with Gasteiger partial charge in [0.2, 0.25) is 0 Å². The van der Waals surface area contributed by atoms with Crippen LogP contribution in [-0.2, 0) is 0 Å². The summed E-state index contributed by atoms with van der Waals surface area (Å²) in [7, 11) is 1.61. The van der Waals surface area contributed by atoms with E-state index in [4.69, 9.17) is 22.1 Å². The summed E-state index contributed by atoms with van der Waals surface area (Å²) in [6.07, 6.45) is 0. The van der Waals surface area contributed by atoms with Gasteiger partial charge in [-0.1, -0.05) is 45.7 Å². The zero-order chi connectivity index (χ0) is 13.1. The molecule has 0 saturated carbocycles.